The summed E-state index contributed by atoms with van der Waals surface area (Å²) in [5.41, 5.74) is 1.19. The van der Waals surface area contributed by atoms with E-state index in [1.54, 1.807) is 0 Å². The van der Waals surface area contributed by atoms with Crippen LogP contribution in [-0.4, -0.2) is 16.3 Å². The molecule has 1 rings (SSSR count). The number of carbonyl (C=O) groups is 1. The Kier molecular flexibility index (Phi) is 5.26. The lowest BCUT2D eigenvalue weighted by Gasteiger charge is -2.10. The highest BCUT2D eigenvalue weighted by Gasteiger charge is 2.16. The maximum atomic E-state index is 10.9. The van der Waals surface area contributed by atoms with Crippen LogP contribution in [0.2, 0.25) is 0 Å². The molecular formula is C12H16O2S. The van der Waals surface area contributed by atoms with E-state index in [4.69, 9.17) is 5.11 Å². The summed E-state index contributed by atoms with van der Waals surface area (Å²) in [7, 11) is 0. The first kappa shape index (κ1) is 12.1. The minimum Gasteiger partial charge on any atom is -0.480 e. The number of hydrogen-bond donors (Lipinski definition) is 1. The van der Waals surface area contributed by atoms with E-state index in [0.29, 0.717) is 0 Å². The summed E-state index contributed by atoms with van der Waals surface area (Å²) < 4.78 is 0. The van der Waals surface area contributed by atoms with E-state index < -0.39 is 5.97 Å². The minimum absolute atomic E-state index is 0.268. The summed E-state index contributed by atoms with van der Waals surface area (Å²) in [6, 6.07) is 9.97. The Morgan fingerprint density at radius 2 is 2.07 bits per heavy atom. The average Bonchev–Trinajstić information content (AvgIpc) is 2.25. The fraction of sp³-hybridized carbons (Fsp3) is 0.417. The third-order valence-corrected chi connectivity index (χ3v) is 3.46. The Labute approximate surface area is 94.7 Å². The molecule has 0 radical (unpaired) electrons. The van der Waals surface area contributed by atoms with Crippen molar-refractivity contribution >= 4 is 17.7 Å². The van der Waals surface area contributed by atoms with Crippen LogP contribution in [0.25, 0.3) is 0 Å². The molecular weight excluding hydrogens is 208 g/mol. The summed E-state index contributed by atoms with van der Waals surface area (Å²) in [5.74, 6) is 0.0791. The summed E-state index contributed by atoms with van der Waals surface area (Å²) in [4.78, 5) is 10.9. The molecule has 3 heteroatoms. The van der Waals surface area contributed by atoms with Gasteiger partial charge in [-0.3, -0.25) is 4.79 Å². The van der Waals surface area contributed by atoms with Crippen LogP contribution in [0.5, 0.6) is 0 Å². The van der Waals surface area contributed by atoms with Crippen molar-refractivity contribution in [1.82, 2.24) is 0 Å². The van der Waals surface area contributed by atoms with E-state index >= 15 is 0 Å². The van der Waals surface area contributed by atoms with Crippen LogP contribution in [0.3, 0.4) is 0 Å². The average molecular weight is 224 g/mol. The first-order valence-corrected chi connectivity index (χ1v) is 6.17. The molecule has 0 aliphatic rings. The monoisotopic (exact) mass is 224 g/mol. The quantitative estimate of drug-likeness (QED) is 0.806. The second kappa shape index (κ2) is 6.51. The highest BCUT2D eigenvalue weighted by atomic mass is 32.2. The molecule has 0 saturated carbocycles. The van der Waals surface area contributed by atoms with Crippen LogP contribution >= 0.6 is 11.8 Å². The van der Waals surface area contributed by atoms with Gasteiger partial charge < -0.3 is 5.11 Å². The van der Waals surface area contributed by atoms with Gasteiger partial charge in [-0.05, 0) is 12.0 Å². The van der Waals surface area contributed by atoms with Gasteiger partial charge in [-0.2, -0.15) is 0 Å². The zero-order valence-electron chi connectivity index (χ0n) is 8.85. The van der Waals surface area contributed by atoms with Crippen molar-refractivity contribution in [3.8, 4) is 0 Å². The number of hydrogen-bond acceptors (Lipinski definition) is 2. The van der Waals surface area contributed by atoms with Crippen LogP contribution in [0.15, 0.2) is 30.3 Å². The fourth-order valence-corrected chi connectivity index (χ4v) is 2.44. The molecule has 0 heterocycles. The van der Waals surface area contributed by atoms with E-state index in [-0.39, 0.29) is 5.25 Å². The van der Waals surface area contributed by atoms with Crippen LogP contribution < -0.4 is 0 Å². The van der Waals surface area contributed by atoms with Crippen molar-refractivity contribution in [2.75, 3.05) is 0 Å². The predicted octanol–water partition coefficient (Wildman–Crippen LogP) is 3.17. The zero-order valence-corrected chi connectivity index (χ0v) is 9.67. The smallest absolute Gasteiger partial charge is 0.316 e. The van der Waals surface area contributed by atoms with Crippen molar-refractivity contribution in [3.63, 3.8) is 0 Å². The zero-order chi connectivity index (χ0) is 11.1. The molecule has 1 aromatic rings. The van der Waals surface area contributed by atoms with Crippen molar-refractivity contribution < 1.29 is 9.90 Å². The Morgan fingerprint density at radius 1 is 1.40 bits per heavy atom. The summed E-state index contributed by atoms with van der Waals surface area (Å²) in [6.07, 6.45) is 1.66. The summed E-state index contributed by atoms with van der Waals surface area (Å²) in [5, 5.41) is 8.69. The Hall–Kier alpha value is -0.960. The standard InChI is InChI=1S/C12H16O2S/c1-2-6-11(12(13)14)15-9-10-7-4-3-5-8-10/h3-5,7-8,11H,2,6,9H2,1H3,(H,13,14). The van der Waals surface area contributed by atoms with Gasteiger partial charge in [0.1, 0.15) is 5.25 Å². The van der Waals surface area contributed by atoms with Gasteiger partial charge in [-0.25, -0.2) is 0 Å². The third-order valence-electron chi connectivity index (χ3n) is 2.12. The number of thioether (sulfide) groups is 1. The van der Waals surface area contributed by atoms with Gasteiger partial charge in [0.2, 0.25) is 0 Å². The minimum atomic E-state index is -0.696. The SMILES string of the molecule is CCCC(SCc1ccccc1)C(=O)O. The number of aliphatic carboxylic acids is 1. The fourth-order valence-electron chi connectivity index (χ4n) is 1.31. The predicted molar refractivity (Wildman–Crippen MR) is 64.1 cm³/mol. The number of rotatable bonds is 6. The molecule has 0 fully saturated rings. The van der Waals surface area contributed by atoms with Gasteiger partial charge in [-0.1, -0.05) is 43.7 Å². The van der Waals surface area contributed by atoms with Gasteiger partial charge in [0.05, 0.1) is 0 Å². The number of benzene rings is 1. The van der Waals surface area contributed by atoms with Crippen LogP contribution in [0, 0.1) is 0 Å². The van der Waals surface area contributed by atoms with Gasteiger partial charge in [0, 0.05) is 5.75 Å². The molecule has 0 amide bonds. The van der Waals surface area contributed by atoms with E-state index in [1.165, 1.54) is 17.3 Å². The van der Waals surface area contributed by atoms with Crippen LogP contribution in [-0.2, 0) is 10.5 Å². The topological polar surface area (TPSA) is 37.3 Å². The van der Waals surface area contributed by atoms with Crippen molar-refractivity contribution in [2.45, 2.75) is 30.8 Å². The third kappa shape index (κ3) is 4.38. The lowest BCUT2D eigenvalue weighted by molar-refractivity contribution is -0.136. The van der Waals surface area contributed by atoms with Crippen molar-refractivity contribution in [3.05, 3.63) is 35.9 Å². The molecule has 1 N–H and O–H groups in total. The molecule has 0 bridgehead atoms. The van der Waals surface area contributed by atoms with Gasteiger partial charge in [-0.15, -0.1) is 11.8 Å². The molecule has 82 valence electrons. The second-order valence-corrected chi connectivity index (χ2v) is 4.60. The second-order valence-electron chi connectivity index (χ2n) is 3.41. The van der Waals surface area contributed by atoms with Gasteiger partial charge in [0.15, 0.2) is 0 Å². The Bertz CT molecular complexity index is 298. The normalized spacial score (nSPS) is 12.3. The van der Waals surface area contributed by atoms with Crippen molar-refractivity contribution in [2.24, 2.45) is 0 Å². The van der Waals surface area contributed by atoms with Crippen molar-refractivity contribution in [1.29, 1.82) is 0 Å². The summed E-state index contributed by atoms with van der Waals surface area (Å²) >= 11 is 1.51. The molecule has 0 aliphatic heterocycles. The molecule has 1 unspecified atom stereocenters. The molecule has 2 nitrogen and oxygen atoms in total. The Balaban J connectivity index is 2.43. The van der Waals surface area contributed by atoms with Gasteiger partial charge in [0.25, 0.3) is 0 Å². The molecule has 0 aromatic heterocycles. The molecule has 0 spiro atoms. The molecule has 0 saturated heterocycles. The summed E-state index contributed by atoms with van der Waals surface area (Å²) in [6.45, 7) is 2.01. The number of carboxylic acids is 1. The lowest BCUT2D eigenvalue weighted by Crippen LogP contribution is -2.16. The maximum absolute atomic E-state index is 10.9. The van der Waals surface area contributed by atoms with Gasteiger partial charge >= 0.3 is 5.97 Å². The Morgan fingerprint density at radius 3 is 2.60 bits per heavy atom. The largest absolute Gasteiger partial charge is 0.480 e. The molecule has 1 aromatic carbocycles. The van der Waals surface area contributed by atoms with E-state index in [2.05, 4.69) is 0 Å². The molecule has 15 heavy (non-hydrogen) atoms. The van der Waals surface area contributed by atoms with E-state index in [0.717, 1.165) is 18.6 Å². The van der Waals surface area contributed by atoms with E-state index in [1.807, 2.05) is 37.3 Å². The number of carboxylic acid groups (broad SMARTS) is 1. The van der Waals surface area contributed by atoms with E-state index in [9.17, 15) is 4.79 Å². The van der Waals surface area contributed by atoms with Crippen LogP contribution in [0.1, 0.15) is 25.3 Å². The highest BCUT2D eigenvalue weighted by Crippen LogP contribution is 2.21. The molecule has 1 atom stereocenters. The lowest BCUT2D eigenvalue weighted by atomic mass is 10.2. The van der Waals surface area contributed by atoms with Crippen LogP contribution in [0.4, 0.5) is 0 Å². The first-order valence-electron chi connectivity index (χ1n) is 5.12. The molecule has 0 aliphatic carbocycles. The maximum Gasteiger partial charge on any atom is 0.316 e. The highest BCUT2D eigenvalue weighted by molar-refractivity contribution is 7.99. The first-order chi connectivity index (χ1) is 7.24.